The number of morpholine rings is 1. The number of rotatable bonds is 3. The van der Waals surface area contributed by atoms with Gasteiger partial charge in [-0.3, -0.25) is 0 Å². The molecule has 0 bridgehead atoms. The van der Waals surface area contributed by atoms with E-state index in [1.54, 1.807) is 4.31 Å². The molecule has 0 aromatic heterocycles. The maximum absolute atomic E-state index is 12.6. The minimum absolute atomic E-state index is 0.151. The predicted molar refractivity (Wildman–Crippen MR) is 73.9 cm³/mol. The molecule has 19 heavy (non-hydrogen) atoms. The maximum Gasteiger partial charge on any atom is 0.282 e. The van der Waals surface area contributed by atoms with Crippen molar-refractivity contribution in [3.63, 3.8) is 0 Å². The maximum atomic E-state index is 12.6. The van der Waals surface area contributed by atoms with Crippen molar-refractivity contribution in [2.45, 2.75) is 44.8 Å². The first-order chi connectivity index (χ1) is 9.01. The molecule has 0 saturated carbocycles. The molecule has 0 aromatic carbocycles. The van der Waals surface area contributed by atoms with Gasteiger partial charge < -0.3 is 10.5 Å². The van der Waals surface area contributed by atoms with Crippen LogP contribution in [0.3, 0.4) is 0 Å². The molecule has 112 valence electrons. The van der Waals surface area contributed by atoms with Crippen LogP contribution in [0.2, 0.25) is 0 Å². The molecule has 2 unspecified atom stereocenters. The van der Waals surface area contributed by atoms with E-state index in [0.717, 1.165) is 25.7 Å². The second-order valence-electron chi connectivity index (χ2n) is 5.45. The van der Waals surface area contributed by atoms with Gasteiger partial charge in [-0.1, -0.05) is 12.8 Å². The van der Waals surface area contributed by atoms with Gasteiger partial charge in [-0.05, 0) is 19.8 Å². The van der Waals surface area contributed by atoms with E-state index in [1.807, 2.05) is 6.92 Å². The van der Waals surface area contributed by atoms with Crippen LogP contribution in [0.5, 0.6) is 0 Å². The van der Waals surface area contributed by atoms with Crippen LogP contribution in [0.1, 0.15) is 32.6 Å². The van der Waals surface area contributed by atoms with E-state index < -0.39 is 10.2 Å². The lowest BCUT2D eigenvalue weighted by Crippen LogP contribution is -2.54. The van der Waals surface area contributed by atoms with E-state index in [1.165, 1.54) is 4.31 Å². The van der Waals surface area contributed by atoms with Gasteiger partial charge >= 0.3 is 0 Å². The van der Waals surface area contributed by atoms with E-state index >= 15 is 0 Å². The first-order valence-corrected chi connectivity index (χ1v) is 8.54. The van der Waals surface area contributed by atoms with E-state index in [2.05, 4.69) is 0 Å². The predicted octanol–water partition coefficient (Wildman–Crippen LogP) is 0.155. The molecule has 2 N–H and O–H groups in total. The van der Waals surface area contributed by atoms with Crippen LogP contribution >= 0.6 is 0 Å². The Morgan fingerprint density at radius 1 is 1.11 bits per heavy atom. The van der Waals surface area contributed by atoms with Gasteiger partial charge in [0.15, 0.2) is 0 Å². The van der Waals surface area contributed by atoms with E-state index in [0.29, 0.717) is 32.8 Å². The average Bonchev–Trinajstić information content (AvgIpc) is 2.68. The number of nitrogens with two attached hydrogens (primary N) is 1. The Morgan fingerprint density at radius 2 is 1.74 bits per heavy atom. The van der Waals surface area contributed by atoms with Crippen molar-refractivity contribution in [3.05, 3.63) is 0 Å². The lowest BCUT2D eigenvalue weighted by molar-refractivity contribution is -0.0135. The normalized spacial score (nSPS) is 29.9. The molecule has 7 heteroatoms. The van der Waals surface area contributed by atoms with Crippen LogP contribution in [0, 0.1) is 0 Å². The summed E-state index contributed by atoms with van der Waals surface area (Å²) in [7, 11) is -3.34. The summed E-state index contributed by atoms with van der Waals surface area (Å²) in [6.45, 7) is 4.37. The number of ether oxygens (including phenoxy) is 1. The summed E-state index contributed by atoms with van der Waals surface area (Å²) >= 11 is 0. The molecule has 2 rings (SSSR count). The zero-order valence-electron chi connectivity index (χ0n) is 11.6. The van der Waals surface area contributed by atoms with Gasteiger partial charge in [0.2, 0.25) is 0 Å². The van der Waals surface area contributed by atoms with Gasteiger partial charge in [0, 0.05) is 32.2 Å². The third-order valence-corrected chi connectivity index (χ3v) is 5.86. The molecule has 2 aliphatic heterocycles. The zero-order chi connectivity index (χ0) is 13.9. The number of nitrogens with zero attached hydrogens (tertiary/aromatic N) is 2. The molecule has 0 radical (unpaired) electrons. The highest BCUT2D eigenvalue weighted by Crippen LogP contribution is 2.19. The Balaban J connectivity index is 2.05. The van der Waals surface area contributed by atoms with Crippen LogP contribution in [0.4, 0.5) is 0 Å². The van der Waals surface area contributed by atoms with Gasteiger partial charge in [0.25, 0.3) is 10.2 Å². The van der Waals surface area contributed by atoms with Gasteiger partial charge in [-0.2, -0.15) is 17.0 Å². The highest BCUT2D eigenvalue weighted by molar-refractivity contribution is 7.86. The fourth-order valence-electron chi connectivity index (χ4n) is 2.61. The number of hydrogen-bond donors (Lipinski definition) is 1. The molecule has 2 heterocycles. The summed E-state index contributed by atoms with van der Waals surface area (Å²) < 4.78 is 33.9. The Kier molecular flexibility index (Phi) is 5.19. The zero-order valence-corrected chi connectivity index (χ0v) is 12.4. The molecule has 2 fully saturated rings. The molecule has 0 spiro atoms. The first-order valence-electron chi connectivity index (χ1n) is 7.14. The summed E-state index contributed by atoms with van der Waals surface area (Å²) in [4.78, 5) is 0. The second-order valence-corrected chi connectivity index (χ2v) is 7.38. The van der Waals surface area contributed by atoms with Crippen molar-refractivity contribution in [2.75, 3.05) is 32.8 Å². The SMILES string of the molecule is CC(N)C1CN(S(=O)(=O)N2CCCCCC2)CCO1. The number of hydrogen-bond acceptors (Lipinski definition) is 4. The standard InChI is InChI=1S/C12H25N3O3S/c1-11(13)12-10-15(8-9-18-12)19(16,17)14-6-4-2-3-5-7-14/h11-12H,2-10,13H2,1H3. The first kappa shape index (κ1) is 15.2. The molecule has 2 aliphatic rings. The van der Waals surface area contributed by atoms with Crippen LogP contribution in [0.15, 0.2) is 0 Å². The minimum Gasteiger partial charge on any atom is -0.374 e. The largest absolute Gasteiger partial charge is 0.374 e. The van der Waals surface area contributed by atoms with Crippen LogP contribution in [-0.4, -0.2) is 62.0 Å². The summed E-state index contributed by atoms with van der Waals surface area (Å²) in [6, 6.07) is -0.151. The van der Waals surface area contributed by atoms with Gasteiger partial charge in [-0.15, -0.1) is 0 Å². The van der Waals surface area contributed by atoms with Crippen molar-refractivity contribution in [1.82, 2.24) is 8.61 Å². The third-order valence-electron chi connectivity index (χ3n) is 3.86. The van der Waals surface area contributed by atoms with Gasteiger partial charge in [-0.25, -0.2) is 0 Å². The second kappa shape index (κ2) is 6.49. The molecular formula is C12H25N3O3S. The lowest BCUT2D eigenvalue weighted by atomic mass is 10.2. The Hall–Kier alpha value is -0.210. The van der Waals surface area contributed by atoms with E-state index in [-0.39, 0.29) is 12.1 Å². The molecule has 6 nitrogen and oxygen atoms in total. The molecule has 2 saturated heterocycles. The summed E-state index contributed by atoms with van der Waals surface area (Å²) in [5, 5.41) is 0. The third kappa shape index (κ3) is 3.66. The summed E-state index contributed by atoms with van der Waals surface area (Å²) in [5.74, 6) is 0. The van der Waals surface area contributed by atoms with E-state index in [4.69, 9.17) is 10.5 Å². The quantitative estimate of drug-likeness (QED) is 0.803. The fraction of sp³-hybridized carbons (Fsp3) is 1.00. The smallest absolute Gasteiger partial charge is 0.282 e. The van der Waals surface area contributed by atoms with Crippen molar-refractivity contribution >= 4 is 10.2 Å². The molecular weight excluding hydrogens is 266 g/mol. The molecule has 2 atom stereocenters. The molecule has 0 aromatic rings. The van der Waals surface area contributed by atoms with Crippen molar-refractivity contribution < 1.29 is 13.2 Å². The van der Waals surface area contributed by atoms with Crippen molar-refractivity contribution in [2.24, 2.45) is 5.73 Å². The lowest BCUT2D eigenvalue weighted by Gasteiger charge is -2.36. The monoisotopic (exact) mass is 291 g/mol. The fourth-order valence-corrected chi connectivity index (χ4v) is 4.30. The van der Waals surface area contributed by atoms with Gasteiger partial charge in [0.1, 0.15) is 0 Å². The average molecular weight is 291 g/mol. The van der Waals surface area contributed by atoms with Gasteiger partial charge in [0.05, 0.1) is 12.7 Å². The minimum atomic E-state index is -3.34. The Bertz CT molecular complexity index is 378. The summed E-state index contributed by atoms with van der Waals surface area (Å²) in [5.41, 5.74) is 5.82. The molecule has 0 aliphatic carbocycles. The summed E-state index contributed by atoms with van der Waals surface area (Å²) in [6.07, 6.45) is 3.96. The highest BCUT2D eigenvalue weighted by atomic mass is 32.2. The molecule has 0 amide bonds. The van der Waals surface area contributed by atoms with Crippen molar-refractivity contribution in [1.29, 1.82) is 0 Å². The van der Waals surface area contributed by atoms with Crippen LogP contribution < -0.4 is 5.73 Å². The Labute approximate surface area is 116 Å². The topological polar surface area (TPSA) is 75.9 Å². The van der Waals surface area contributed by atoms with E-state index in [9.17, 15) is 8.42 Å². The Morgan fingerprint density at radius 3 is 2.32 bits per heavy atom. The van der Waals surface area contributed by atoms with Crippen LogP contribution in [-0.2, 0) is 14.9 Å². The highest BCUT2D eigenvalue weighted by Gasteiger charge is 2.35. The van der Waals surface area contributed by atoms with Crippen molar-refractivity contribution in [3.8, 4) is 0 Å². The van der Waals surface area contributed by atoms with Crippen LogP contribution in [0.25, 0.3) is 0 Å².